The molecule has 3 rings (SSSR count). The number of anilines is 1. The van der Waals surface area contributed by atoms with Crippen LogP contribution in [0.5, 0.6) is 5.88 Å². The normalized spacial score (nSPS) is 15.6. The summed E-state index contributed by atoms with van der Waals surface area (Å²) in [5.41, 5.74) is 1.34. The highest BCUT2D eigenvalue weighted by Crippen LogP contribution is 2.23. The summed E-state index contributed by atoms with van der Waals surface area (Å²) >= 11 is 0. The lowest BCUT2D eigenvalue weighted by atomic mass is 10.3. The van der Waals surface area contributed by atoms with Gasteiger partial charge in [0.05, 0.1) is 19.5 Å². The van der Waals surface area contributed by atoms with Crippen LogP contribution in [0.25, 0.3) is 11.2 Å². The van der Waals surface area contributed by atoms with Crippen LogP contribution in [-0.4, -0.2) is 45.8 Å². The van der Waals surface area contributed by atoms with Gasteiger partial charge in [0.1, 0.15) is 11.6 Å². The van der Waals surface area contributed by atoms with Gasteiger partial charge in [0, 0.05) is 6.54 Å². The Morgan fingerprint density at radius 1 is 1.50 bits per heavy atom. The van der Waals surface area contributed by atoms with Crippen molar-refractivity contribution in [3.63, 3.8) is 0 Å². The minimum Gasteiger partial charge on any atom is -0.468 e. The Bertz CT molecular complexity index is 537. The lowest BCUT2D eigenvalue weighted by Crippen LogP contribution is -2.38. The van der Waals surface area contributed by atoms with Crippen LogP contribution in [0.3, 0.4) is 0 Å². The van der Waals surface area contributed by atoms with Crippen molar-refractivity contribution >= 4 is 17.1 Å². The van der Waals surface area contributed by atoms with Crippen molar-refractivity contribution in [2.45, 2.75) is 19.4 Å². The zero-order valence-corrected chi connectivity index (χ0v) is 10.1. The number of ether oxygens (including phenoxy) is 2. The molecule has 0 atom stereocenters. The van der Waals surface area contributed by atoms with Crippen LogP contribution in [0.1, 0.15) is 13.3 Å². The molecule has 0 unspecified atom stereocenters. The van der Waals surface area contributed by atoms with Crippen molar-refractivity contribution in [3.05, 3.63) is 6.33 Å². The largest absolute Gasteiger partial charge is 0.468 e. The van der Waals surface area contributed by atoms with E-state index in [-0.39, 0.29) is 6.10 Å². The highest BCUT2D eigenvalue weighted by atomic mass is 16.6. The molecule has 0 radical (unpaired) electrons. The molecule has 0 aliphatic carbocycles. The Morgan fingerprint density at radius 2 is 2.39 bits per heavy atom. The Morgan fingerprint density at radius 3 is 3.11 bits per heavy atom. The quantitative estimate of drug-likeness (QED) is 0.820. The van der Waals surface area contributed by atoms with Crippen LogP contribution in [0, 0.1) is 0 Å². The standard InChI is InChI=1S/C11H15N5O2/c1-2-3-12-11-15-9-8(13-6-14-9)10(16-11)18-7-4-17-5-7/h6-7H,2-5H2,1H3,(H2,12,13,14,15,16). The van der Waals surface area contributed by atoms with Gasteiger partial charge >= 0.3 is 0 Å². The number of nitrogens with one attached hydrogen (secondary N) is 2. The van der Waals surface area contributed by atoms with E-state index in [4.69, 9.17) is 9.47 Å². The molecule has 1 aliphatic heterocycles. The number of aromatic nitrogens is 4. The van der Waals surface area contributed by atoms with E-state index >= 15 is 0 Å². The Labute approximate surface area is 104 Å². The zero-order valence-electron chi connectivity index (χ0n) is 10.1. The molecule has 0 bridgehead atoms. The minimum atomic E-state index is 0.0745. The fraction of sp³-hybridized carbons (Fsp3) is 0.545. The maximum atomic E-state index is 5.76. The maximum absolute atomic E-state index is 5.76. The summed E-state index contributed by atoms with van der Waals surface area (Å²) in [7, 11) is 0. The van der Waals surface area contributed by atoms with Gasteiger partial charge in [-0.05, 0) is 6.42 Å². The van der Waals surface area contributed by atoms with Gasteiger partial charge in [-0.1, -0.05) is 6.92 Å². The lowest BCUT2D eigenvalue weighted by molar-refractivity contribution is -0.0807. The average molecular weight is 249 g/mol. The molecule has 96 valence electrons. The van der Waals surface area contributed by atoms with Crippen LogP contribution < -0.4 is 10.1 Å². The predicted molar refractivity (Wildman–Crippen MR) is 65.7 cm³/mol. The van der Waals surface area contributed by atoms with Gasteiger partial charge < -0.3 is 19.8 Å². The summed E-state index contributed by atoms with van der Waals surface area (Å²) in [6, 6.07) is 0. The van der Waals surface area contributed by atoms with Crippen molar-refractivity contribution in [2.24, 2.45) is 0 Å². The molecule has 2 aromatic rings. The van der Waals surface area contributed by atoms with Crippen molar-refractivity contribution < 1.29 is 9.47 Å². The molecule has 2 aromatic heterocycles. The van der Waals surface area contributed by atoms with E-state index in [2.05, 4.69) is 32.2 Å². The first-order valence-corrected chi connectivity index (χ1v) is 6.06. The smallest absolute Gasteiger partial charge is 0.245 e. The van der Waals surface area contributed by atoms with E-state index in [0.29, 0.717) is 30.7 Å². The van der Waals surface area contributed by atoms with Gasteiger partial charge in [-0.25, -0.2) is 4.98 Å². The summed E-state index contributed by atoms with van der Waals surface area (Å²) < 4.78 is 10.8. The first kappa shape index (κ1) is 11.2. The van der Waals surface area contributed by atoms with Crippen molar-refractivity contribution in [1.29, 1.82) is 0 Å². The van der Waals surface area contributed by atoms with E-state index in [9.17, 15) is 0 Å². The Balaban J connectivity index is 1.89. The molecule has 3 heterocycles. The number of hydrogen-bond acceptors (Lipinski definition) is 6. The first-order valence-electron chi connectivity index (χ1n) is 6.06. The molecule has 0 saturated carbocycles. The fourth-order valence-corrected chi connectivity index (χ4v) is 1.65. The van der Waals surface area contributed by atoms with Gasteiger partial charge in [0.2, 0.25) is 11.8 Å². The first-order chi connectivity index (χ1) is 8.86. The number of nitrogens with zero attached hydrogens (tertiary/aromatic N) is 3. The Kier molecular flexibility index (Phi) is 2.97. The monoisotopic (exact) mass is 249 g/mol. The summed E-state index contributed by atoms with van der Waals surface area (Å²) in [5, 5.41) is 3.14. The number of hydrogen-bond donors (Lipinski definition) is 2. The van der Waals surface area contributed by atoms with Crippen LogP contribution in [0.4, 0.5) is 5.95 Å². The van der Waals surface area contributed by atoms with Crippen LogP contribution in [0.2, 0.25) is 0 Å². The van der Waals surface area contributed by atoms with Crippen LogP contribution in [-0.2, 0) is 4.74 Å². The van der Waals surface area contributed by atoms with E-state index < -0.39 is 0 Å². The number of aromatic amines is 1. The van der Waals surface area contributed by atoms with E-state index in [1.165, 1.54) is 0 Å². The van der Waals surface area contributed by atoms with Crippen LogP contribution >= 0.6 is 0 Å². The number of fused-ring (bicyclic) bond motifs is 1. The van der Waals surface area contributed by atoms with Crippen molar-refractivity contribution in [2.75, 3.05) is 25.1 Å². The molecule has 1 saturated heterocycles. The van der Waals surface area contributed by atoms with Gasteiger partial charge in [-0.2, -0.15) is 9.97 Å². The molecule has 0 amide bonds. The van der Waals surface area contributed by atoms with Gasteiger partial charge in [-0.3, -0.25) is 0 Å². The third-order valence-corrected chi connectivity index (χ3v) is 2.67. The second-order valence-corrected chi connectivity index (χ2v) is 4.16. The summed E-state index contributed by atoms with van der Waals surface area (Å²) in [4.78, 5) is 15.8. The molecule has 0 aromatic carbocycles. The predicted octanol–water partition coefficient (Wildman–Crippen LogP) is 0.952. The van der Waals surface area contributed by atoms with Crippen molar-refractivity contribution in [3.8, 4) is 5.88 Å². The van der Waals surface area contributed by atoms with Crippen LogP contribution in [0.15, 0.2) is 6.33 Å². The molecule has 1 fully saturated rings. The molecule has 1 aliphatic rings. The fourth-order valence-electron chi connectivity index (χ4n) is 1.65. The average Bonchev–Trinajstić information content (AvgIpc) is 2.79. The highest BCUT2D eigenvalue weighted by Gasteiger charge is 2.23. The zero-order chi connectivity index (χ0) is 12.4. The third kappa shape index (κ3) is 2.08. The van der Waals surface area contributed by atoms with E-state index in [1.54, 1.807) is 6.33 Å². The van der Waals surface area contributed by atoms with E-state index in [1.807, 2.05) is 0 Å². The number of imidazole rings is 1. The minimum absolute atomic E-state index is 0.0745. The van der Waals surface area contributed by atoms with Gasteiger partial charge in [0.15, 0.2) is 5.65 Å². The molecule has 2 N–H and O–H groups in total. The third-order valence-electron chi connectivity index (χ3n) is 2.67. The molecular formula is C11H15N5O2. The summed E-state index contributed by atoms with van der Waals surface area (Å²) in [6.07, 6.45) is 2.67. The SMILES string of the molecule is CCCNc1nc(OC2COC2)c2[nH]cnc2n1. The number of rotatable bonds is 5. The molecular weight excluding hydrogens is 234 g/mol. The van der Waals surface area contributed by atoms with Gasteiger partial charge in [0.25, 0.3) is 0 Å². The molecule has 7 nitrogen and oxygen atoms in total. The second-order valence-electron chi connectivity index (χ2n) is 4.16. The lowest BCUT2D eigenvalue weighted by Gasteiger charge is -2.26. The summed E-state index contributed by atoms with van der Waals surface area (Å²) in [6.45, 7) is 4.12. The maximum Gasteiger partial charge on any atom is 0.245 e. The van der Waals surface area contributed by atoms with E-state index in [0.717, 1.165) is 18.5 Å². The topological polar surface area (TPSA) is 85.0 Å². The molecule has 7 heteroatoms. The summed E-state index contributed by atoms with van der Waals surface area (Å²) in [5.74, 6) is 1.08. The van der Waals surface area contributed by atoms with Gasteiger partial charge in [-0.15, -0.1) is 0 Å². The van der Waals surface area contributed by atoms with Crippen molar-refractivity contribution in [1.82, 2.24) is 19.9 Å². The molecule has 0 spiro atoms. The second kappa shape index (κ2) is 4.77. The Hall–Kier alpha value is -1.89. The molecule has 18 heavy (non-hydrogen) atoms. The number of H-pyrrole nitrogens is 1. The highest BCUT2D eigenvalue weighted by molar-refractivity contribution is 5.76.